The highest BCUT2D eigenvalue weighted by atomic mass is 79.9. The van der Waals surface area contributed by atoms with Crippen LogP contribution in [0.15, 0.2) is 22.7 Å². The monoisotopic (exact) mass is 400 g/mol. The van der Waals surface area contributed by atoms with Crippen LogP contribution in [0.1, 0.15) is 33.3 Å². The van der Waals surface area contributed by atoms with Crippen molar-refractivity contribution in [2.45, 2.75) is 45.8 Å². The lowest BCUT2D eigenvalue weighted by Gasteiger charge is -2.40. The first-order valence-electron chi connectivity index (χ1n) is 8.31. The molecule has 0 bridgehead atoms. The number of amides is 1. The first-order valence-corrected chi connectivity index (χ1v) is 9.11. The summed E-state index contributed by atoms with van der Waals surface area (Å²) in [5.41, 5.74) is 0.634. The van der Waals surface area contributed by atoms with Crippen molar-refractivity contribution in [3.05, 3.63) is 34.1 Å². The van der Waals surface area contributed by atoms with Crippen LogP contribution in [-0.2, 0) is 11.2 Å². The van der Waals surface area contributed by atoms with Gasteiger partial charge in [0.25, 0.3) is 0 Å². The molecule has 1 aliphatic rings. The summed E-state index contributed by atoms with van der Waals surface area (Å²) in [7, 11) is 0. The van der Waals surface area contributed by atoms with E-state index >= 15 is 0 Å². The Morgan fingerprint density at radius 1 is 1.38 bits per heavy atom. The topological polar surface area (TPSA) is 32.8 Å². The van der Waals surface area contributed by atoms with Crippen molar-refractivity contribution in [2.24, 2.45) is 0 Å². The Morgan fingerprint density at radius 3 is 2.67 bits per heavy atom. The van der Waals surface area contributed by atoms with E-state index in [0.29, 0.717) is 11.0 Å². The Bertz CT molecular complexity index is 589. The minimum atomic E-state index is -0.468. The largest absolute Gasteiger partial charge is 0.444 e. The number of halogens is 2. The number of benzene rings is 1. The molecule has 1 aromatic rings. The number of hydrogen-bond acceptors (Lipinski definition) is 3. The van der Waals surface area contributed by atoms with Gasteiger partial charge < -0.3 is 9.64 Å². The van der Waals surface area contributed by atoms with E-state index in [1.807, 2.05) is 39.8 Å². The first kappa shape index (κ1) is 19.2. The van der Waals surface area contributed by atoms with Gasteiger partial charge in [0.1, 0.15) is 11.4 Å². The maximum atomic E-state index is 13.3. The summed E-state index contributed by atoms with van der Waals surface area (Å²) < 4.78 is 19.2. The van der Waals surface area contributed by atoms with E-state index in [4.69, 9.17) is 4.74 Å². The lowest BCUT2D eigenvalue weighted by Crippen LogP contribution is -2.55. The molecule has 0 saturated carbocycles. The van der Waals surface area contributed by atoms with Gasteiger partial charge in [-0.3, -0.25) is 4.90 Å². The molecule has 0 unspecified atom stereocenters. The molecule has 0 radical (unpaired) electrons. The zero-order chi connectivity index (χ0) is 17.9. The number of rotatable bonds is 3. The van der Waals surface area contributed by atoms with E-state index in [-0.39, 0.29) is 18.0 Å². The third-order valence-corrected chi connectivity index (χ3v) is 4.65. The van der Waals surface area contributed by atoms with E-state index in [9.17, 15) is 9.18 Å². The molecule has 1 saturated heterocycles. The summed E-state index contributed by atoms with van der Waals surface area (Å²) in [6.07, 6.45) is 0.620. The van der Waals surface area contributed by atoms with Crippen LogP contribution in [-0.4, -0.2) is 53.7 Å². The van der Waals surface area contributed by atoms with Gasteiger partial charge in [-0.2, -0.15) is 0 Å². The average Bonchev–Trinajstić information content (AvgIpc) is 2.46. The van der Waals surface area contributed by atoms with Gasteiger partial charge in [-0.1, -0.05) is 6.07 Å². The van der Waals surface area contributed by atoms with Crippen molar-refractivity contribution in [1.82, 2.24) is 9.80 Å². The number of ether oxygens (including phenoxy) is 1. The smallest absolute Gasteiger partial charge is 0.410 e. The molecule has 134 valence electrons. The fourth-order valence-electron chi connectivity index (χ4n) is 2.81. The van der Waals surface area contributed by atoms with Crippen LogP contribution in [0.25, 0.3) is 0 Å². The van der Waals surface area contributed by atoms with Gasteiger partial charge in [-0.05, 0) is 67.7 Å². The summed E-state index contributed by atoms with van der Waals surface area (Å²) in [4.78, 5) is 16.4. The Balaban J connectivity index is 1.84. The van der Waals surface area contributed by atoms with Crippen molar-refractivity contribution in [3.63, 3.8) is 0 Å². The van der Waals surface area contributed by atoms with Gasteiger partial charge in [0.05, 0.1) is 4.47 Å². The quantitative estimate of drug-likeness (QED) is 0.766. The summed E-state index contributed by atoms with van der Waals surface area (Å²) in [6, 6.07) is 5.26. The first-order chi connectivity index (χ1) is 11.2. The van der Waals surface area contributed by atoms with Gasteiger partial charge in [0.15, 0.2) is 0 Å². The third-order valence-electron chi connectivity index (χ3n) is 4.04. The summed E-state index contributed by atoms with van der Waals surface area (Å²) >= 11 is 3.22. The van der Waals surface area contributed by atoms with Crippen molar-refractivity contribution in [2.75, 3.05) is 26.2 Å². The summed E-state index contributed by atoms with van der Waals surface area (Å²) in [5.74, 6) is -0.238. The minimum Gasteiger partial charge on any atom is -0.444 e. The fraction of sp³-hybridized carbons (Fsp3) is 0.611. The standard InChI is InChI=1S/C18H26BrFN2O2/c1-13-12-21(8-7-14-5-6-16(20)15(19)11-14)9-10-22(13)17(23)24-18(2,3)4/h5-6,11,13H,7-10,12H2,1-4H3/t13-/m0/s1. The van der Waals surface area contributed by atoms with Crippen LogP contribution in [0.2, 0.25) is 0 Å². The second-order valence-corrected chi connectivity index (χ2v) is 8.18. The molecule has 1 atom stereocenters. The molecule has 1 heterocycles. The molecule has 0 N–H and O–H groups in total. The van der Waals surface area contributed by atoms with Crippen LogP contribution < -0.4 is 0 Å². The maximum Gasteiger partial charge on any atom is 0.410 e. The third kappa shape index (κ3) is 5.45. The zero-order valence-electron chi connectivity index (χ0n) is 14.8. The highest BCUT2D eigenvalue weighted by Gasteiger charge is 2.30. The van der Waals surface area contributed by atoms with Gasteiger partial charge in [0.2, 0.25) is 0 Å². The number of nitrogens with zero attached hydrogens (tertiary/aromatic N) is 2. The number of hydrogen-bond donors (Lipinski definition) is 0. The van der Waals surface area contributed by atoms with Crippen molar-refractivity contribution in [1.29, 1.82) is 0 Å². The van der Waals surface area contributed by atoms with Crippen LogP contribution in [0.5, 0.6) is 0 Å². The predicted molar refractivity (Wildman–Crippen MR) is 96.6 cm³/mol. The Labute approximate surface area is 152 Å². The van der Waals surface area contributed by atoms with Gasteiger partial charge in [-0.25, -0.2) is 9.18 Å². The van der Waals surface area contributed by atoms with Crippen molar-refractivity contribution < 1.29 is 13.9 Å². The van der Waals surface area contributed by atoms with Gasteiger partial charge in [0, 0.05) is 32.2 Å². The summed E-state index contributed by atoms with van der Waals surface area (Å²) in [5, 5.41) is 0. The molecular formula is C18H26BrFN2O2. The SMILES string of the molecule is C[C@H]1CN(CCc2ccc(F)c(Br)c2)CCN1C(=O)OC(C)(C)C. The molecule has 1 aromatic carbocycles. The average molecular weight is 401 g/mol. The van der Waals surface area contributed by atoms with Crippen LogP contribution in [0.3, 0.4) is 0 Å². The molecule has 0 spiro atoms. The van der Waals surface area contributed by atoms with Gasteiger partial charge in [-0.15, -0.1) is 0 Å². The fourth-order valence-corrected chi connectivity index (χ4v) is 3.24. The molecule has 1 amide bonds. The molecule has 4 nitrogen and oxygen atoms in total. The van der Waals surface area contributed by atoms with E-state index in [1.54, 1.807) is 4.90 Å². The predicted octanol–water partition coefficient (Wildman–Crippen LogP) is 4.07. The number of piperazine rings is 1. The molecule has 6 heteroatoms. The molecule has 0 aliphatic carbocycles. The molecular weight excluding hydrogens is 375 g/mol. The van der Waals surface area contributed by atoms with E-state index in [1.165, 1.54) is 6.07 Å². The van der Waals surface area contributed by atoms with Crippen LogP contribution >= 0.6 is 15.9 Å². The molecule has 0 aromatic heterocycles. The van der Waals surface area contributed by atoms with Gasteiger partial charge >= 0.3 is 6.09 Å². The van der Waals surface area contributed by atoms with Crippen molar-refractivity contribution in [3.8, 4) is 0 Å². The molecule has 24 heavy (non-hydrogen) atoms. The maximum absolute atomic E-state index is 13.3. The minimum absolute atomic E-state index is 0.119. The van der Waals surface area contributed by atoms with E-state index in [0.717, 1.165) is 31.6 Å². The van der Waals surface area contributed by atoms with E-state index in [2.05, 4.69) is 20.8 Å². The number of carbonyl (C=O) groups excluding carboxylic acids is 1. The lowest BCUT2D eigenvalue weighted by atomic mass is 10.1. The summed E-state index contributed by atoms with van der Waals surface area (Å²) in [6.45, 7) is 10.9. The van der Waals surface area contributed by atoms with Crippen molar-refractivity contribution >= 4 is 22.0 Å². The highest BCUT2D eigenvalue weighted by molar-refractivity contribution is 9.10. The molecule has 1 aliphatic heterocycles. The van der Waals surface area contributed by atoms with Crippen LogP contribution in [0, 0.1) is 5.82 Å². The molecule has 1 fully saturated rings. The van der Waals surface area contributed by atoms with Crippen LogP contribution in [0.4, 0.5) is 9.18 Å². The normalized spacial score (nSPS) is 19.4. The Morgan fingerprint density at radius 2 is 2.08 bits per heavy atom. The zero-order valence-corrected chi connectivity index (χ0v) is 16.4. The Kier molecular flexibility index (Phi) is 6.26. The second kappa shape index (κ2) is 7.83. The molecule has 2 rings (SSSR count). The highest BCUT2D eigenvalue weighted by Crippen LogP contribution is 2.19. The van der Waals surface area contributed by atoms with E-state index < -0.39 is 5.60 Å². The number of carbonyl (C=O) groups is 1. The Hall–Kier alpha value is -1.14. The second-order valence-electron chi connectivity index (χ2n) is 7.32. The lowest BCUT2D eigenvalue weighted by molar-refractivity contribution is 0.00163.